The summed E-state index contributed by atoms with van der Waals surface area (Å²) < 4.78 is 0. The molecule has 1 aliphatic rings. The summed E-state index contributed by atoms with van der Waals surface area (Å²) in [6, 6.07) is 0.869. The van der Waals surface area contributed by atoms with E-state index in [1.54, 1.807) is 0 Å². The first-order valence-corrected chi connectivity index (χ1v) is 7.75. The molecule has 0 heterocycles. The van der Waals surface area contributed by atoms with Crippen molar-refractivity contribution in [3.8, 4) is 0 Å². The standard InChI is InChI=1S/C15H32N2O/c1-4-10-16-15(3,13-18)9-6-12-17(11-5-2)14-7-8-14/h14,16,18H,4-13H2,1-3H3. The van der Waals surface area contributed by atoms with Crippen LogP contribution in [-0.2, 0) is 0 Å². The molecule has 0 bridgehead atoms. The van der Waals surface area contributed by atoms with Crippen molar-refractivity contribution < 1.29 is 5.11 Å². The van der Waals surface area contributed by atoms with Crippen LogP contribution >= 0.6 is 0 Å². The molecule has 0 spiro atoms. The van der Waals surface area contributed by atoms with Gasteiger partial charge in [-0.05, 0) is 65.1 Å². The Labute approximate surface area is 113 Å². The monoisotopic (exact) mass is 256 g/mol. The number of aliphatic hydroxyl groups excluding tert-OH is 1. The third-order valence-corrected chi connectivity index (χ3v) is 3.90. The van der Waals surface area contributed by atoms with Crippen LogP contribution in [0.4, 0.5) is 0 Å². The quantitative estimate of drug-likeness (QED) is 0.596. The third-order valence-electron chi connectivity index (χ3n) is 3.90. The smallest absolute Gasteiger partial charge is 0.0610 e. The first-order valence-electron chi connectivity index (χ1n) is 7.75. The molecule has 0 aromatic carbocycles. The Hall–Kier alpha value is -0.120. The van der Waals surface area contributed by atoms with Gasteiger partial charge in [-0.3, -0.25) is 0 Å². The molecule has 1 rings (SSSR count). The van der Waals surface area contributed by atoms with E-state index in [0.29, 0.717) is 0 Å². The van der Waals surface area contributed by atoms with Crippen LogP contribution in [0.25, 0.3) is 0 Å². The zero-order valence-corrected chi connectivity index (χ0v) is 12.5. The van der Waals surface area contributed by atoms with Gasteiger partial charge >= 0.3 is 0 Å². The average molecular weight is 256 g/mol. The van der Waals surface area contributed by atoms with Gasteiger partial charge in [-0.1, -0.05) is 13.8 Å². The molecular weight excluding hydrogens is 224 g/mol. The fraction of sp³-hybridized carbons (Fsp3) is 1.00. The van der Waals surface area contributed by atoms with Gasteiger partial charge in [0.2, 0.25) is 0 Å². The summed E-state index contributed by atoms with van der Waals surface area (Å²) in [5, 5.41) is 13.0. The van der Waals surface area contributed by atoms with Gasteiger partial charge < -0.3 is 15.3 Å². The molecule has 1 fully saturated rings. The van der Waals surface area contributed by atoms with E-state index in [9.17, 15) is 5.11 Å². The zero-order valence-electron chi connectivity index (χ0n) is 12.5. The minimum absolute atomic E-state index is 0.0859. The van der Waals surface area contributed by atoms with Crippen LogP contribution in [0.3, 0.4) is 0 Å². The lowest BCUT2D eigenvalue weighted by atomic mass is 9.96. The van der Waals surface area contributed by atoms with Crippen LogP contribution in [0.5, 0.6) is 0 Å². The first-order chi connectivity index (χ1) is 8.65. The molecule has 1 saturated carbocycles. The van der Waals surface area contributed by atoms with Gasteiger partial charge in [0.25, 0.3) is 0 Å². The van der Waals surface area contributed by atoms with Crippen LogP contribution in [0.1, 0.15) is 59.3 Å². The summed E-state index contributed by atoms with van der Waals surface area (Å²) >= 11 is 0. The average Bonchev–Trinajstić information content (AvgIpc) is 3.20. The maximum atomic E-state index is 9.53. The molecule has 1 aliphatic carbocycles. The highest BCUT2D eigenvalue weighted by molar-refractivity contribution is 4.86. The van der Waals surface area contributed by atoms with Gasteiger partial charge in [0.15, 0.2) is 0 Å². The largest absolute Gasteiger partial charge is 0.394 e. The van der Waals surface area contributed by atoms with E-state index in [4.69, 9.17) is 0 Å². The van der Waals surface area contributed by atoms with Crippen molar-refractivity contribution in [3.05, 3.63) is 0 Å². The summed E-state index contributed by atoms with van der Waals surface area (Å²) in [7, 11) is 0. The zero-order chi connectivity index (χ0) is 13.4. The second-order valence-corrected chi connectivity index (χ2v) is 6.02. The number of nitrogens with zero attached hydrogens (tertiary/aromatic N) is 1. The SMILES string of the molecule is CCCNC(C)(CO)CCCN(CCC)C1CC1. The molecule has 0 saturated heterocycles. The third kappa shape index (κ3) is 5.68. The van der Waals surface area contributed by atoms with Gasteiger partial charge in [-0.15, -0.1) is 0 Å². The van der Waals surface area contributed by atoms with E-state index >= 15 is 0 Å². The van der Waals surface area contributed by atoms with Crippen molar-refractivity contribution >= 4 is 0 Å². The predicted octanol–water partition coefficient (Wildman–Crippen LogP) is 2.39. The van der Waals surface area contributed by atoms with E-state index in [2.05, 4.69) is 31.0 Å². The van der Waals surface area contributed by atoms with Crippen molar-refractivity contribution in [1.29, 1.82) is 0 Å². The lowest BCUT2D eigenvalue weighted by molar-refractivity contribution is 0.155. The van der Waals surface area contributed by atoms with E-state index in [0.717, 1.165) is 25.4 Å². The molecule has 0 aliphatic heterocycles. The topological polar surface area (TPSA) is 35.5 Å². The highest BCUT2D eigenvalue weighted by Gasteiger charge is 2.28. The van der Waals surface area contributed by atoms with Gasteiger partial charge in [-0.2, -0.15) is 0 Å². The van der Waals surface area contributed by atoms with E-state index in [1.807, 2.05) is 0 Å². The summed E-state index contributed by atoms with van der Waals surface area (Å²) in [4.78, 5) is 2.64. The maximum absolute atomic E-state index is 9.53. The summed E-state index contributed by atoms with van der Waals surface area (Å²) in [6.07, 6.45) is 7.42. The Kier molecular flexibility index (Phi) is 7.20. The second-order valence-electron chi connectivity index (χ2n) is 6.02. The van der Waals surface area contributed by atoms with E-state index in [-0.39, 0.29) is 12.1 Å². The van der Waals surface area contributed by atoms with Crippen LogP contribution < -0.4 is 5.32 Å². The Morgan fingerprint density at radius 1 is 1.22 bits per heavy atom. The molecule has 1 atom stereocenters. The van der Waals surface area contributed by atoms with Crippen molar-refractivity contribution in [2.45, 2.75) is 70.9 Å². The molecule has 1 unspecified atom stereocenters. The number of aliphatic hydroxyl groups is 1. The lowest BCUT2D eigenvalue weighted by Crippen LogP contribution is -2.46. The summed E-state index contributed by atoms with van der Waals surface area (Å²) in [5.74, 6) is 0. The molecule has 0 aromatic heterocycles. The Balaban J connectivity index is 2.24. The fourth-order valence-corrected chi connectivity index (χ4v) is 2.53. The summed E-state index contributed by atoms with van der Waals surface area (Å²) in [5.41, 5.74) is -0.0859. The Morgan fingerprint density at radius 2 is 1.94 bits per heavy atom. The molecule has 2 N–H and O–H groups in total. The molecule has 108 valence electrons. The van der Waals surface area contributed by atoms with Gasteiger partial charge in [0, 0.05) is 11.6 Å². The van der Waals surface area contributed by atoms with Crippen LogP contribution in [0.15, 0.2) is 0 Å². The molecule has 3 heteroatoms. The minimum Gasteiger partial charge on any atom is -0.394 e. The van der Waals surface area contributed by atoms with E-state index in [1.165, 1.54) is 38.8 Å². The predicted molar refractivity (Wildman–Crippen MR) is 77.9 cm³/mol. The molecule has 0 amide bonds. The molecule has 18 heavy (non-hydrogen) atoms. The molecule has 0 radical (unpaired) electrons. The number of hydrogen-bond acceptors (Lipinski definition) is 3. The van der Waals surface area contributed by atoms with Crippen molar-refractivity contribution in [3.63, 3.8) is 0 Å². The van der Waals surface area contributed by atoms with Crippen LogP contribution in [0.2, 0.25) is 0 Å². The normalized spacial score (nSPS) is 19.2. The van der Waals surface area contributed by atoms with Crippen LogP contribution in [0, 0.1) is 0 Å². The number of nitrogens with one attached hydrogen (secondary N) is 1. The van der Waals surface area contributed by atoms with Crippen molar-refractivity contribution in [2.75, 3.05) is 26.2 Å². The molecular formula is C15H32N2O. The van der Waals surface area contributed by atoms with Gasteiger partial charge in [0.1, 0.15) is 0 Å². The van der Waals surface area contributed by atoms with Crippen molar-refractivity contribution in [2.24, 2.45) is 0 Å². The Bertz CT molecular complexity index is 219. The fourth-order valence-electron chi connectivity index (χ4n) is 2.53. The molecule has 3 nitrogen and oxygen atoms in total. The summed E-state index contributed by atoms with van der Waals surface area (Å²) in [6.45, 7) is 10.2. The van der Waals surface area contributed by atoms with Gasteiger partial charge in [0.05, 0.1) is 6.61 Å². The second kappa shape index (κ2) is 8.13. The Morgan fingerprint density at radius 3 is 2.44 bits per heavy atom. The highest BCUT2D eigenvalue weighted by atomic mass is 16.3. The molecule has 0 aromatic rings. The van der Waals surface area contributed by atoms with E-state index < -0.39 is 0 Å². The lowest BCUT2D eigenvalue weighted by Gasteiger charge is -2.30. The van der Waals surface area contributed by atoms with Crippen molar-refractivity contribution in [1.82, 2.24) is 10.2 Å². The number of rotatable bonds is 11. The minimum atomic E-state index is -0.0859. The van der Waals surface area contributed by atoms with Crippen LogP contribution in [-0.4, -0.2) is 47.8 Å². The highest BCUT2D eigenvalue weighted by Crippen LogP contribution is 2.27. The first kappa shape index (κ1) is 15.9. The maximum Gasteiger partial charge on any atom is 0.0610 e. The van der Waals surface area contributed by atoms with Gasteiger partial charge in [-0.25, -0.2) is 0 Å². The number of hydrogen-bond donors (Lipinski definition) is 2.